The van der Waals surface area contributed by atoms with Crippen LogP contribution in [0.25, 0.3) is 5.65 Å². The normalized spacial score (nSPS) is 10.9. The van der Waals surface area contributed by atoms with Crippen LogP contribution in [0.15, 0.2) is 33.3 Å². The zero-order valence-electron chi connectivity index (χ0n) is 10.3. The fraction of sp³-hybridized carbons (Fsp3) is 0.0833. The van der Waals surface area contributed by atoms with E-state index in [1.54, 1.807) is 18.2 Å². The third-order valence-corrected chi connectivity index (χ3v) is 3.33. The summed E-state index contributed by atoms with van der Waals surface area (Å²) in [5, 5.41) is 16.3. The van der Waals surface area contributed by atoms with Crippen molar-refractivity contribution < 1.29 is 14.3 Å². The lowest BCUT2D eigenvalue weighted by atomic mass is 10.5. The predicted molar refractivity (Wildman–Crippen MR) is 74.4 cm³/mol. The van der Waals surface area contributed by atoms with Crippen molar-refractivity contribution in [3.05, 3.63) is 40.3 Å². The number of carbonyl (C=O) groups is 1. The highest BCUT2D eigenvalue weighted by atomic mass is 79.9. The minimum atomic E-state index is -1.11. The van der Waals surface area contributed by atoms with Crippen molar-refractivity contribution in [2.75, 3.05) is 5.32 Å². The molecule has 0 saturated carbocycles. The van der Waals surface area contributed by atoms with Crippen LogP contribution >= 0.6 is 15.9 Å². The molecule has 3 rings (SSSR count). The molecule has 0 radical (unpaired) electrons. The van der Waals surface area contributed by atoms with Gasteiger partial charge in [0.2, 0.25) is 0 Å². The first kappa shape index (κ1) is 12.7. The molecular weight excluding hydrogens is 328 g/mol. The van der Waals surface area contributed by atoms with Gasteiger partial charge in [-0.05, 0) is 41.1 Å². The van der Waals surface area contributed by atoms with Crippen LogP contribution in [0.5, 0.6) is 0 Å². The fourth-order valence-corrected chi connectivity index (χ4v) is 2.26. The molecule has 3 aromatic heterocycles. The maximum Gasteiger partial charge on any atom is 0.357 e. The van der Waals surface area contributed by atoms with Crippen LogP contribution in [0, 0.1) is 6.92 Å². The molecule has 8 heteroatoms. The first-order valence-corrected chi connectivity index (χ1v) is 6.46. The highest BCUT2D eigenvalue weighted by molar-refractivity contribution is 9.10. The number of aryl methyl sites for hydroxylation is 1. The second kappa shape index (κ2) is 4.64. The molecule has 3 heterocycles. The van der Waals surface area contributed by atoms with E-state index < -0.39 is 5.97 Å². The van der Waals surface area contributed by atoms with Gasteiger partial charge in [0.05, 0.1) is 0 Å². The van der Waals surface area contributed by atoms with Crippen LogP contribution in [0.2, 0.25) is 0 Å². The van der Waals surface area contributed by atoms with Crippen molar-refractivity contribution in [1.82, 2.24) is 14.6 Å². The largest absolute Gasteiger partial charge is 0.476 e. The minimum absolute atomic E-state index is 0.0801. The van der Waals surface area contributed by atoms with Gasteiger partial charge in [-0.15, -0.1) is 5.10 Å². The Morgan fingerprint density at radius 2 is 2.20 bits per heavy atom. The Bertz CT molecular complexity index is 808. The molecule has 7 nitrogen and oxygen atoms in total. The zero-order chi connectivity index (χ0) is 14.3. The molecule has 2 N–H and O–H groups in total. The highest BCUT2D eigenvalue weighted by Crippen LogP contribution is 2.21. The Morgan fingerprint density at radius 3 is 2.85 bits per heavy atom. The molecule has 0 aromatic carbocycles. The lowest BCUT2D eigenvalue weighted by Gasteiger charge is -2.02. The zero-order valence-corrected chi connectivity index (χ0v) is 11.9. The number of aromatic carboxylic acids is 1. The number of nitrogens with zero attached hydrogens (tertiary/aromatic N) is 3. The van der Waals surface area contributed by atoms with Crippen molar-refractivity contribution in [2.45, 2.75) is 6.92 Å². The maximum atomic E-state index is 11.0. The summed E-state index contributed by atoms with van der Waals surface area (Å²) in [5.41, 5.74) is 0.360. The standard InChI is InChI=1S/C12H9BrN4O3/c1-6-2-5-9(20-6)14-7-3-4-8-15-10(12(18)19)11(13)17(8)16-7/h2-5H,1H3,(H,14,16)(H,18,19). The molecule has 0 aliphatic carbocycles. The van der Waals surface area contributed by atoms with E-state index in [9.17, 15) is 4.79 Å². The van der Waals surface area contributed by atoms with E-state index in [1.165, 1.54) is 4.52 Å². The number of furan rings is 1. The van der Waals surface area contributed by atoms with Crippen molar-refractivity contribution in [1.29, 1.82) is 0 Å². The van der Waals surface area contributed by atoms with Gasteiger partial charge in [-0.25, -0.2) is 14.3 Å². The monoisotopic (exact) mass is 336 g/mol. The van der Waals surface area contributed by atoms with E-state index >= 15 is 0 Å². The van der Waals surface area contributed by atoms with Crippen LogP contribution in [0.3, 0.4) is 0 Å². The predicted octanol–water partition coefficient (Wildman–Crippen LogP) is 2.84. The van der Waals surface area contributed by atoms with Crippen molar-refractivity contribution >= 4 is 39.2 Å². The number of hydrogen-bond donors (Lipinski definition) is 2. The summed E-state index contributed by atoms with van der Waals surface area (Å²) in [6.45, 7) is 1.84. The van der Waals surface area contributed by atoms with Gasteiger partial charge in [0.25, 0.3) is 0 Å². The minimum Gasteiger partial charge on any atom is -0.476 e. The molecule has 0 aliphatic rings. The lowest BCUT2D eigenvalue weighted by Crippen LogP contribution is -2.00. The Labute approximate surface area is 121 Å². The van der Waals surface area contributed by atoms with E-state index in [0.717, 1.165) is 5.76 Å². The molecule has 0 unspecified atom stereocenters. The van der Waals surface area contributed by atoms with Gasteiger partial charge in [0.1, 0.15) is 10.4 Å². The van der Waals surface area contributed by atoms with E-state index in [-0.39, 0.29) is 5.69 Å². The molecule has 20 heavy (non-hydrogen) atoms. The lowest BCUT2D eigenvalue weighted by molar-refractivity contribution is 0.0690. The Balaban J connectivity index is 2.01. The number of halogens is 1. The summed E-state index contributed by atoms with van der Waals surface area (Å²) < 4.78 is 7.09. The van der Waals surface area contributed by atoms with E-state index in [4.69, 9.17) is 9.52 Å². The van der Waals surface area contributed by atoms with Gasteiger partial charge < -0.3 is 14.8 Å². The molecule has 102 valence electrons. The van der Waals surface area contributed by atoms with Gasteiger partial charge in [-0.2, -0.15) is 0 Å². The van der Waals surface area contributed by atoms with Gasteiger partial charge in [0, 0.05) is 6.07 Å². The van der Waals surface area contributed by atoms with Crippen molar-refractivity contribution in [3.63, 3.8) is 0 Å². The number of nitrogens with one attached hydrogen (secondary N) is 1. The first-order valence-electron chi connectivity index (χ1n) is 5.66. The Hall–Kier alpha value is -2.35. The van der Waals surface area contributed by atoms with E-state index in [1.807, 2.05) is 13.0 Å². The molecule has 0 amide bonds. The Kier molecular flexibility index (Phi) is 2.94. The summed E-state index contributed by atoms with van der Waals surface area (Å²) >= 11 is 3.18. The number of carboxylic acids is 1. The summed E-state index contributed by atoms with van der Waals surface area (Å²) in [7, 11) is 0. The molecule has 3 aromatic rings. The van der Waals surface area contributed by atoms with Crippen LogP contribution in [-0.4, -0.2) is 25.7 Å². The van der Waals surface area contributed by atoms with Crippen LogP contribution in [-0.2, 0) is 0 Å². The third-order valence-electron chi connectivity index (χ3n) is 2.62. The van der Waals surface area contributed by atoms with Gasteiger partial charge in [-0.3, -0.25) is 0 Å². The summed E-state index contributed by atoms with van der Waals surface area (Å²) in [6.07, 6.45) is 0. The number of carboxylic acid groups (broad SMARTS) is 1. The third kappa shape index (κ3) is 2.14. The summed E-state index contributed by atoms with van der Waals surface area (Å²) in [4.78, 5) is 15.0. The maximum absolute atomic E-state index is 11.0. The van der Waals surface area contributed by atoms with Crippen molar-refractivity contribution in [3.8, 4) is 0 Å². The number of rotatable bonds is 3. The highest BCUT2D eigenvalue weighted by Gasteiger charge is 2.17. The molecule has 0 saturated heterocycles. The number of fused-ring (bicyclic) bond motifs is 1. The SMILES string of the molecule is Cc1ccc(Nc2ccc3nc(C(=O)O)c(Br)n3n2)o1. The second-order valence-corrected chi connectivity index (χ2v) is 4.83. The van der Waals surface area contributed by atoms with Crippen LogP contribution in [0.4, 0.5) is 11.7 Å². The topological polar surface area (TPSA) is 92.7 Å². The van der Waals surface area contributed by atoms with E-state index in [0.29, 0.717) is 22.0 Å². The number of imidazole rings is 1. The van der Waals surface area contributed by atoms with Crippen molar-refractivity contribution in [2.24, 2.45) is 0 Å². The smallest absolute Gasteiger partial charge is 0.357 e. The first-order chi connectivity index (χ1) is 9.54. The molecule has 0 bridgehead atoms. The van der Waals surface area contributed by atoms with Gasteiger partial charge in [-0.1, -0.05) is 0 Å². The number of hydrogen-bond acceptors (Lipinski definition) is 5. The molecular formula is C12H9BrN4O3. The quantitative estimate of drug-likeness (QED) is 0.763. The van der Waals surface area contributed by atoms with E-state index in [2.05, 4.69) is 31.3 Å². The molecule has 0 fully saturated rings. The average Bonchev–Trinajstić information content (AvgIpc) is 2.95. The summed E-state index contributed by atoms with van der Waals surface area (Å²) in [6, 6.07) is 6.98. The van der Waals surface area contributed by atoms with Gasteiger partial charge >= 0.3 is 5.97 Å². The number of anilines is 2. The molecule has 0 atom stereocenters. The molecule has 0 spiro atoms. The second-order valence-electron chi connectivity index (χ2n) is 4.08. The van der Waals surface area contributed by atoms with Gasteiger partial charge in [0.15, 0.2) is 23.0 Å². The van der Waals surface area contributed by atoms with Crippen LogP contribution in [0.1, 0.15) is 16.2 Å². The summed E-state index contributed by atoms with van der Waals surface area (Å²) in [5.74, 6) is 0.745. The Morgan fingerprint density at radius 1 is 1.40 bits per heavy atom. The average molecular weight is 337 g/mol. The molecule has 0 aliphatic heterocycles. The number of aromatic nitrogens is 3. The fourth-order valence-electron chi connectivity index (χ4n) is 1.74. The van der Waals surface area contributed by atoms with Crippen LogP contribution < -0.4 is 5.32 Å².